The summed E-state index contributed by atoms with van der Waals surface area (Å²) in [6.07, 6.45) is 8.15. The molecule has 2 fully saturated rings. The van der Waals surface area contributed by atoms with Gasteiger partial charge in [-0.25, -0.2) is 0 Å². The monoisotopic (exact) mass is 224 g/mol. The molecule has 1 heterocycles. The first-order valence-electron chi connectivity index (χ1n) is 7.18. The molecule has 2 N–H and O–H groups in total. The highest BCUT2D eigenvalue weighted by Gasteiger charge is 2.29. The molecule has 0 spiro atoms. The Balaban J connectivity index is 1.76. The van der Waals surface area contributed by atoms with Crippen molar-refractivity contribution < 1.29 is 0 Å². The second-order valence-corrected chi connectivity index (χ2v) is 6.13. The summed E-state index contributed by atoms with van der Waals surface area (Å²) in [5.41, 5.74) is 6.14. The largest absolute Gasteiger partial charge is 0.327 e. The molecular weight excluding hydrogens is 196 g/mol. The summed E-state index contributed by atoms with van der Waals surface area (Å²) < 4.78 is 0. The molecule has 94 valence electrons. The van der Waals surface area contributed by atoms with E-state index < -0.39 is 0 Å². The maximum Gasteiger partial charge on any atom is 0.0119 e. The average molecular weight is 224 g/mol. The van der Waals surface area contributed by atoms with E-state index in [1.165, 1.54) is 51.6 Å². The second-order valence-electron chi connectivity index (χ2n) is 6.13. The van der Waals surface area contributed by atoms with Gasteiger partial charge in [0, 0.05) is 12.1 Å². The Hall–Kier alpha value is -0.0800. The number of hydrogen-bond donors (Lipinski definition) is 1. The van der Waals surface area contributed by atoms with Gasteiger partial charge in [0.25, 0.3) is 0 Å². The zero-order valence-electron chi connectivity index (χ0n) is 11.0. The van der Waals surface area contributed by atoms with Crippen LogP contribution in [0.2, 0.25) is 0 Å². The van der Waals surface area contributed by atoms with Crippen LogP contribution < -0.4 is 5.73 Å². The summed E-state index contributed by atoms with van der Waals surface area (Å²) in [6, 6.07) is 1.35. The molecule has 1 aliphatic heterocycles. The van der Waals surface area contributed by atoms with Gasteiger partial charge in [0.05, 0.1) is 0 Å². The predicted octanol–water partition coefficient (Wildman–Crippen LogP) is 2.62. The van der Waals surface area contributed by atoms with Crippen LogP contribution >= 0.6 is 0 Å². The van der Waals surface area contributed by atoms with Crippen molar-refractivity contribution in [3.8, 4) is 0 Å². The fourth-order valence-corrected chi connectivity index (χ4v) is 3.64. The van der Waals surface area contributed by atoms with Gasteiger partial charge in [0.2, 0.25) is 0 Å². The van der Waals surface area contributed by atoms with Gasteiger partial charge in [-0.15, -0.1) is 0 Å². The summed E-state index contributed by atoms with van der Waals surface area (Å²) in [5, 5.41) is 0. The molecule has 1 aliphatic carbocycles. The van der Waals surface area contributed by atoms with E-state index in [-0.39, 0.29) is 0 Å². The van der Waals surface area contributed by atoms with E-state index >= 15 is 0 Å². The average Bonchev–Trinajstić information content (AvgIpc) is 2.83. The first-order chi connectivity index (χ1) is 7.68. The number of rotatable bonds is 4. The van der Waals surface area contributed by atoms with E-state index in [9.17, 15) is 0 Å². The predicted molar refractivity (Wildman–Crippen MR) is 69.4 cm³/mol. The fourth-order valence-electron chi connectivity index (χ4n) is 3.64. The van der Waals surface area contributed by atoms with Crippen molar-refractivity contribution in [1.29, 1.82) is 0 Å². The Morgan fingerprint density at radius 2 is 2.00 bits per heavy atom. The Labute approximate surface area is 101 Å². The molecule has 1 saturated heterocycles. The summed E-state index contributed by atoms with van der Waals surface area (Å²) in [6.45, 7) is 7.35. The third-order valence-electron chi connectivity index (χ3n) is 4.69. The molecule has 0 amide bonds. The molecule has 0 aromatic carbocycles. The van der Waals surface area contributed by atoms with Crippen LogP contribution in [0, 0.1) is 11.8 Å². The normalized spacial score (nSPS) is 36.4. The van der Waals surface area contributed by atoms with Gasteiger partial charge >= 0.3 is 0 Å². The van der Waals surface area contributed by atoms with Gasteiger partial charge < -0.3 is 10.6 Å². The molecule has 3 unspecified atom stereocenters. The van der Waals surface area contributed by atoms with Crippen LogP contribution in [0.4, 0.5) is 0 Å². The van der Waals surface area contributed by atoms with Crippen molar-refractivity contribution >= 4 is 0 Å². The van der Waals surface area contributed by atoms with Gasteiger partial charge in [0.1, 0.15) is 0 Å². The Morgan fingerprint density at radius 1 is 1.19 bits per heavy atom. The van der Waals surface area contributed by atoms with Crippen molar-refractivity contribution in [2.75, 3.05) is 13.1 Å². The van der Waals surface area contributed by atoms with Crippen LogP contribution in [0.5, 0.6) is 0 Å². The van der Waals surface area contributed by atoms with Crippen LogP contribution in [0.1, 0.15) is 52.4 Å². The molecule has 2 heteroatoms. The first kappa shape index (κ1) is 12.4. The molecular formula is C14H28N2. The van der Waals surface area contributed by atoms with Crippen LogP contribution in [0.3, 0.4) is 0 Å². The minimum absolute atomic E-state index is 0.500. The maximum absolute atomic E-state index is 6.14. The molecule has 1 saturated carbocycles. The molecule has 2 aliphatic rings. The Kier molecular flexibility index (Phi) is 4.26. The molecule has 16 heavy (non-hydrogen) atoms. The van der Waals surface area contributed by atoms with Crippen LogP contribution in [-0.2, 0) is 0 Å². The SMILES string of the molecule is CC(C)C1CCCN1CCC1CCCC1N. The van der Waals surface area contributed by atoms with Gasteiger partial charge in [-0.1, -0.05) is 20.3 Å². The van der Waals surface area contributed by atoms with Crippen molar-refractivity contribution in [3.63, 3.8) is 0 Å². The third-order valence-corrected chi connectivity index (χ3v) is 4.69. The van der Waals surface area contributed by atoms with Gasteiger partial charge in [-0.3, -0.25) is 0 Å². The van der Waals surface area contributed by atoms with Crippen molar-refractivity contribution in [3.05, 3.63) is 0 Å². The zero-order chi connectivity index (χ0) is 11.5. The smallest absolute Gasteiger partial charge is 0.0119 e. The lowest BCUT2D eigenvalue weighted by molar-refractivity contribution is 0.191. The second kappa shape index (κ2) is 5.50. The summed E-state index contributed by atoms with van der Waals surface area (Å²) in [7, 11) is 0. The lowest BCUT2D eigenvalue weighted by atomic mass is 9.98. The molecule has 0 bridgehead atoms. The third kappa shape index (κ3) is 2.78. The number of likely N-dealkylation sites (tertiary alicyclic amines) is 1. The topological polar surface area (TPSA) is 29.3 Å². The minimum Gasteiger partial charge on any atom is -0.327 e. The van der Waals surface area contributed by atoms with E-state index in [0.717, 1.165) is 17.9 Å². The standard InChI is InChI=1S/C14H28N2/c1-11(2)14-7-4-9-16(14)10-8-12-5-3-6-13(12)15/h11-14H,3-10,15H2,1-2H3. The van der Waals surface area contributed by atoms with E-state index in [1.807, 2.05) is 0 Å². The van der Waals surface area contributed by atoms with Crippen molar-refractivity contribution in [2.24, 2.45) is 17.6 Å². The number of hydrogen-bond acceptors (Lipinski definition) is 2. The molecule has 0 aromatic heterocycles. The number of nitrogens with two attached hydrogens (primary N) is 1. The minimum atomic E-state index is 0.500. The van der Waals surface area contributed by atoms with E-state index in [4.69, 9.17) is 5.73 Å². The molecule has 2 rings (SSSR count). The van der Waals surface area contributed by atoms with Crippen molar-refractivity contribution in [2.45, 2.75) is 64.5 Å². The Morgan fingerprint density at radius 3 is 2.62 bits per heavy atom. The quantitative estimate of drug-likeness (QED) is 0.795. The van der Waals surface area contributed by atoms with Gasteiger partial charge in [-0.2, -0.15) is 0 Å². The van der Waals surface area contributed by atoms with Gasteiger partial charge in [0.15, 0.2) is 0 Å². The summed E-state index contributed by atoms with van der Waals surface area (Å²) >= 11 is 0. The van der Waals surface area contributed by atoms with Crippen LogP contribution in [0.25, 0.3) is 0 Å². The lowest BCUT2D eigenvalue weighted by Gasteiger charge is -2.29. The van der Waals surface area contributed by atoms with Crippen molar-refractivity contribution in [1.82, 2.24) is 4.90 Å². The summed E-state index contributed by atoms with van der Waals surface area (Å²) in [4.78, 5) is 2.72. The highest BCUT2D eigenvalue weighted by Crippen LogP contribution is 2.29. The lowest BCUT2D eigenvalue weighted by Crippen LogP contribution is -2.36. The molecule has 2 nitrogen and oxygen atoms in total. The summed E-state index contributed by atoms with van der Waals surface area (Å²) in [5.74, 6) is 1.63. The van der Waals surface area contributed by atoms with Gasteiger partial charge in [-0.05, 0) is 57.0 Å². The maximum atomic E-state index is 6.14. The first-order valence-corrected chi connectivity index (χ1v) is 7.18. The molecule has 0 radical (unpaired) electrons. The Bertz CT molecular complexity index is 215. The molecule has 0 aromatic rings. The van der Waals surface area contributed by atoms with E-state index in [0.29, 0.717) is 6.04 Å². The highest BCUT2D eigenvalue weighted by atomic mass is 15.2. The van der Waals surface area contributed by atoms with E-state index in [1.54, 1.807) is 0 Å². The highest BCUT2D eigenvalue weighted by molar-refractivity contribution is 4.85. The zero-order valence-corrected chi connectivity index (χ0v) is 11.0. The fraction of sp³-hybridized carbons (Fsp3) is 1.00. The molecule has 3 atom stereocenters. The van der Waals surface area contributed by atoms with Crippen LogP contribution in [-0.4, -0.2) is 30.1 Å². The van der Waals surface area contributed by atoms with Crippen LogP contribution in [0.15, 0.2) is 0 Å². The van der Waals surface area contributed by atoms with E-state index in [2.05, 4.69) is 18.7 Å². The number of nitrogens with zero attached hydrogens (tertiary/aromatic N) is 1.